The van der Waals surface area contributed by atoms with Gasteiger partial charge in [-0.1, -0.05) is 11.6 Å². The molecule has 0 aliphatic rings. The summed E-state index contributed by atoms with van der Waals surface area (Å²) in [4.78, 5) is 10.5. The molecule has 0 bridgehead atoms. The van der Waals surface area contributed by atoms with Crippen LogP contribution in [0.1, 0.15) is 13.8 Å². The number of rotatable bonds is 2. The highest BCUT2D eigenvalue weighted by atomic mass is 35.5. The lowest BCUT2D eigenvalue weighted by molar-refractivity contribution is -0.113. The Morgan fingerprint density at radius 2 is 1.89 bits per heavy atom. The van der Waals surface area contributed by atoms with Gasteiger partial charge in [0.1, 0.15) is 10.8 Å². The minimum Gasteiger partial charge on any atom is -0.500 e. The summed E-state index contributed by atoms with van der Waals surface area (Å²) in [5.74, 6) is 0.292. The highest BCUT2D eigenvalue weighted by molar-refractivity contribution is 6.42. The van der Waals surface area contributed by atoms with E-state index in [0.29, 0.717) is 5.76 Å². The molecule has 2 nitrogen and oxygen atoms in total. The molecule has 0 saturated carbocycles. The standard InChI is InChI=1S/C6H9ClO2/c1-4(8)6(7)5(2)9-3/h1-3H3/b6-5-. The van der Waals surface area contributed by atoms with Crippen LogP contribution in [0.25, 0.3) is 0 Å². The van der Waals surface area contributed by atoms with Crippen LogP contribution in [0.4, 0.5) is 0 Å². The van der Waals surface area contributed by atoms with Crippen molar-refractivity contribution in [1.29, 1.82) is 0 Å². The van der Waals surface area contributed by atoms with Gasteiger partial charge in [0.15, 0.2) is 5.78 Å². The van der Waals surface area contributed by atoms with Gasteiger partial charge in [-0.25, -0.2) is 0 Å². The van der Waals surface area contributed by atoms with Gasteiger partial charge in [0, 0.05) is 6.92 Å². The number of ether oxygens (including phenoxy) is 1. The molecule has 0 aliphatic heterocycles. The van der Waals surface area contributed by atoms with E-state index in [1.165, 1.54) is 14.0 Å². The largest absolute Gasteiger partial charge is 0.500 e. The Morgan fingerprint density at radius 3 is 2.00 bits per heavy atom. The average molecular weight is 149 g/mol. The Hall–Kier alpha value is -0.500. The number of halogens is 1. The summed E-state index contributed by atoms with van der Waals surface area (Å²) < 4.78 is 4.70. The minimum absolute atomic E-state index is 0.164. The van der Waals surface area contributed by atoms with Gasteiger partial charge in [0.25, 0.3) is 0 Å². The lowest BCUT2D eigenvalue weighted by atomic mass is 10.4. The average Bonchev–Trinajstić information content (AvgIpc) is 1.84. The molecule has 52 valence electrons. The zero-order valence-electron chi connectivity index (χ0n) is 5.69. The van der Waals surface area contributed by atoms with Crippen LogP contribution in [0.2, 0.25) is 0 Å². The third-order valence-corrected chi connectivity index (χ3v) is 1.46. The fourth-order valence-corrected chi connectivity index (χ4v) is 0.415. The Kier molecular flexibility index (Phi) is 3.32. The summed E-state index contributed by atoms with van der Waals surface area (Å²) in [6.07, 6.45) is 0. The van der Waals surface area contributed by atoms with Crippen molar-refractivity contribution in [3.8, 4) is 0 Å². The highest BCUT2D eigenvalue weighted by Crippen LogP contribution is 2.09. The molecule has 0 fully saturated rings. The van der Waals surface area contributed by atoms with E-state index >= 15 is 0 Å². The fourth-order valence-electron chi connectivity index (χ4n) is 0.338. The van der Waals surface area contributed by atoms with Crippen molar-refractivity contribution in [3.05, 3.63) is 10.8 Å². The Bertz CT molecular complexity index is 149. The van der Waals surface area contributed by atoms with Crippen LogP contribution < -0.4 is 0 Å². The zero-order valence-corrected chi connectivity index (χ0v) is 6.45. The van der Waals surface area contributed by atoms with Gasteiger partial charge >= 0.3 is 0 Å². The summed E-state index contributed by atoms with van der Waals surface area (Å²) in [6.45, 7) is 3.04. The number of hydrogen-bond acceptors (Lipinski definition) is 2. The molecule has 0 N–H and O–H groups in total. The number of methoxy groups -OCH3 is 1. The van der Waals surface area contributed by atoms with E-state index < -0.39 is 0 Å². The van der Waals surface area contributed by atoms with E-state index in [1.807, 2.05) is 0 Å². The van der Waals surface area contributed by atoms with Crippen molar-refractivity contribution in [2.75, 3.05) is 7.11 Å². The molecule has 0 aromatic rings. The van der Waals surface area contributed by atoms with Crippen LogP contribution in [-0.2, 0) is 9.53 Å². The van der Waals surface area contributed by atoms with Gasteiger partial charge in [0.05, 0.1) is 7.11 Å². The second-order valence-corrected chi connectivity index (χ2v) is 2.01. The lowest BCUT2D eigenvalue weighted by Gasteiger charge is -1.98. The number of carbonyl (C=O) groups is 1. The molecule has 9 heavy (non-hydrogen) atoms. The molecule has 0 unspecified atom stereocenters. The maximum Gasteiger partial charge on any atom is 0.174 e. The molecule has 0 aromatic heterocycles. The molecular weight excluding hydrogens is 140 g/mol. The SMILES string of the molecule is CO/C(C)=C(\Cl)C(C)=O. The lowest BCUT2D eigenvalue weighted by Crippen LogP contribution is -1.94. The Morgan fingerprint density at radius 1 is 1.44 bits per heavy atom. The van der Waals surface area contributed by atoms with E-state index in [4.69, 9.17) is 16.3 Å². The van der Waals surface area contributed by atoms with Crippen LogP contribution in [0.3, 0.4) is 0 Å². The monoisotopic (exact) mass is 148 g/mol. The molecule has 0 heterocycles. The normalized spacial score (nSPS) is 12.4. The molecule has 3 heteroatoms. The predicted molar refractivity (Wildman–Crippen MR) is 36.2 cm³/mol. The first-order valence-corrected chi connectivity index (χ1v) is 2.88. The second-order valence-electron chi connectivity index (χ2n) is 1.63. The van der Waals surface area contributed by atoms with Crippen LogP contribution in [0, 0.1) is 0 Å². The van der Waals surface area contributed by atoms with Crippen molar-refractivity contribution in [2.45, 2.75) is 13.8 Å². The van der Waals surface area contributed by atoms with Crippen molar-refractivity contribution in [3.63, 3.8) is 0 Å². The number of Topliss-reactive ketones (excluding diaryl/α,β-unsaturated/α-hetero) is 1. The number of hydrogen-bond donors (Lipinski definition) is 0. The second kappa shape index (κ2) is 3.51. The van der Waals surface area contributed by atoms with Gasteiger partial charge in [-0.3, -0.25) is 4.79 Å². The maximum absolute atomic E-state index is 10.5. The van der Waals surface area contributed by atoms with E-state index in [1.54, 1.807) is 6.92 Å². The van der Waals surface area contributed by atoms with Crippen molar-refractivity contribution in [2.24, 2.45) is 0 Å². The highest BCUT2D eigenvalue weighted by Gasteiger charge is 2.03. The molecule has 0 amide bonds. The van der Waals surface area contributed by atoms with Gasteiger partial charge in [-0.2, -0.15) is 0 Å². The summed E-state index contributed by atoms with van der Waals surface area (Å²) in [5.41, 5.74) is 0. The van der Waals surface area contributed by atoms with Crippen LogP contribution >= 0.6 is 11.6 Å². The molecule has 0 aromatic carbocycles. The quantitative estimate of drug-likeness (QED) is 0.440. The van der Waals surface area contributed by atoms with Crippen molar-refractivity contribution < 1.29 is 9.53 Å². The fraction of sp³-hybridized carbons (Fsp3) is 0.500. The van der Waals surface area contributed by atoms with E-state index in [2.05, 4.69) is 0 Å². The minimum atomic E-state index is -0.170. The molecule has 0 atom stereocenters. The summed E-state index contributed by atoms with van der Waals surface area (Å²) >= 11 is 5.47. The molecule has 0 rings (SSSR count). The molecule has 0 spiro atoms. The smallest absolute Gasteiger partial charge is 0.174 e. The maximum atomic E-state index is 10.5. The first-order valence-electron chi connectivity index (χ1n) is 2.51. The summed E-state index contributed by atoms with van der Waals surface area (Å²) in [6, 6.07) is 0. The van der Waals surface area contributed by atoms with Gasteiger partial charge < -0.3 is 4.74 Å². The summed E-state index contributed by atoms with van der Waals surface area (Å²) in [5, 5.41) is 0.164. The molecule has 0 aliphatic carbocycles. The van der Waals surface area contributed by atoms with Crippen LogP contribution in [0.5, 0.6) is 0 Å². The Balaban J connectivity index is 4.28. The Labute approximate surface area is 59.5 Å². The molecule has 0 saturated heterocycles. The van der Waals surface area contributed by atoms with Gasteiger partial charge in [0.2, 0.25) is 0 Å². The van der Waals surface area contributed by atoms with E-state index in [9.17, 15) is 4.79 Å². The van der Waals surface area contributed by atoms with Crippen molar-refractivity contribution in [1.82, 2.24) is 0 Å². The molecule has 0 radical (unpaired) electrons. The van der Waals surface area contributed by atoms with E-state index in [0.717, 1.165) is 0 Å². The molecular formula is C6H9ClO2. The van der Waals surface area contributed by atoms with Gasteiger partial charge in [-0.15, -0.1) is 0 Å². The number of ketones is 1. The third-order valence-electron chi connectivity index (χ3n) is 0.924. The van der Waals surface area contributed by atoms with Gasteiger partial charge in [-0.05, 0) is 6.92 Å². The van der Waals surface area contributed by atoms with E-state index in [-0.39, 0.29) is 10.8 Å². The summed E-state index contributed by atoms with van der Waals surface area (Å²) in [7, 11) is 1.47. The van der Waals surface area contributed by atoms with Crippen LogP contribution in [-0.4, -0.2) is 12.9 Å². The van der Waals surface area contributed by atoms with Crippen molar-refractivity contribution >= 4 is 17.4 Å². The zero-order chi connectivity index (χ0) is 7.44. The first kappa shape index (κ1) is 8.50. The topological polar surface area (TPSA) is 26.3 Å². The first-order chi connectivity index (χ1) is 4.09. The number of allylic oxidation sites excluding steroid dienone is 2. The van der Waals surface area contributed by atoms with Crippen LogP contribution in [0.15, 0.2) is 10.8 Å². The number of carbonyl (C=O) groups excluding carboxylic acids is 1. The third kappa shape index (κ3) is 2.51. The predicted octanol–water partition coefficient (Wildman–Crippen LogP) is 1.69.